The maximum absolute atomic E-state index is 13.3. The third kappa shape index (κ3) is 4.87. The predicted octanol–water partition coefficient (Wildman–Crippen LogP) is 2.47. The Morgan fingerprint density at radius 1 is 1.26 bits per heavy atom. The summed E-state index contributed by atoms with van der Waals surface area (Å²) in [7, 11) is -3.45. The topological polar surface area (TPSA) is 109 Å². The molecule has 1 N–H and O–H groups in total. The number of Topliss-reactive ketones (excluding diaryl/α,β-unsaturated/α-hetero) is 1. The molecule has 1 aromatic heterocycles. The van der Waals surface area contributed by atoms with Crippen LogP contribution in [0.4, 0.5) is 5.82 Å². The molecule has 2 atom stereocenters. The fourth-order valence-electron chi connectivity index (χ4n) is 4.88. The second kappa shape index (κ2) is 8.90. The standard InChI is InChI=1S/C22H28N4O4S/c1-31(29,30)20-8-7-19(27)16-13-26(14-17(16)20)18(11-15-5-3-2-4-6-15)22(28)25-21-12-23-9-10-24-21/h8-10,12,14-16,18H,2-7,11,13H2,1H3,(H,24,25,28)/t16?,18-/m0/s1. The molecule has 8 nitrogen and oxygen atoms in total. The van der Waals surface area contributed by atoms with Gasteiger partial charge in [-0.1, -0.05) is 38.2 Å². The number of hydrogen-bond donors (Lipinski definition) is 1. The van der Waals surface area contributed by atoms with Crippen LogP contribution in [-0.2, 0) is 19.4 Å². The Morgan fingerprint density at radius 2 is 2.03 bits per heavy atom. The van der Waals surface area contributed by atoms with E-state index in [1.807, 2.05) is 4.90 Å². The number of ketones is 1. The molecule has 9 heteroatoms. The lowest BCUT2D eigenvalue weighted by Gasteiger charge is -2.32. The molecule has 1 aromatic rings. The number of hydrogen-bond acceptors (Lipinski definition) is 7. The molecule has 0 saturated heterocycles. The Kier molecular flexibility index (Phi) is 6.22. The van der Waals surface area contributed by atoms with Crippen LogP contribution in [0.2, 0.25) is 0 Å². The minimum atomic E-state index is -3.45. The fourth-order valence-corrected chi connectivity index (χ4v) is 5.89. The van der Waals surface area contributed by atoms with Crippen molar-refractivity contribution < 1.29 is 18.0 Å². The summed E-state index contributed by atoms with van der Waals surface area (Å²) < 4.78 is 24.5. The minimum absolute atomic E-state index is 0.00750. The van der Waals surface area contributed by atoms with Gasteiger partial charge in [0.15, 0.2) is 15.7 Å². The zero-order valence-corrected chi connectivity index (χ0v) is 18.5. The van der Waals surface area contributed by atoms with Crippen LogP contribution in [0.15, 0.2) is 41.3 Å². The van der Waals surface area contributed by atoms with Gasteiger partial charge in [0, 0.05) is 37.8 Å². The van der Waals surface area contributed by atoms with Crippen LogP contribution in [0.5, 0.6) is 0 Å². The van der Waals surface area contributed by atoms with E-state index in [0.29, 0.717) is 30.3 Å². The van der Waals surface area contributed by atoms with Crippen molar-refractivity contribution in [3.63, 3.8) is 0 Å². The maximum atomic E-state index is 13.3. The lowest BCUT2D eigenvalue weighted by Crippen LogP contribution is -2.43. The first-order valence-corrected chi connectivity index (χ1v) is 12.7. The third-order valence-electron chi connectivity index (χ3n) is 6.43. The lowest BCUT2D eigenvalue weighted by atomic mass is 9.84. The van der Waals surface area contributed by atoms with E-state index in [4.69, 9.17) is 0 Å². The number of allylic oxidation sites excluding steroid dienone is 2. The van der Waals surface area contributed by atoms with Gasteiger partial charge in [-0.05, 0) is 17.9 Å². The van der Waals surface area contributed by atoms with E-state index in [-0.39, 0.29) is 23.0 Å². The highest BCUT2D eigenvalue weighted by molar-refractivity contribution is 7.94. The Labute approximate surface area is 182 Å². The summed E-state index contributed by atoms with van der Waals surface area (Å²) in [4.78, 5) is 36.0. The maximum Gasteiger partial charge on any atom is 0.248 e. The van der Waals surface area contributed by atoms with Crippen molar-refractivity contribution in [2.24, 2.45) is 11.8 Å². The summed E-state index contributed by atoms with van der Waals surface area (Å²) in [6, 6.07) is -0.503. The number of amides is 1. The van der Waals surface area contributed by atoms with Crippen LogP contribution in [0.1, 0.15) is 44.9 Å². The molecule has 0 radical (unpaired) electrons. The lowest BCUT2D eigenvalue weighted by molar-refractivity contribution is -0.123. The van der Waals surface area contributed by atoms with Crippen LogP contribution >= 0.6 is 0 Å². The highest BCUT2D eigenvalue weighted by Crippen LogP contribution is 2.38. The highest BCUT2D eigenvalue weighted by atomic mass is 32.2. The van der Waals surface area contributed by atoms with Gasteiger partial charge in [0.25, 0.3) is 0 Å². The first kappa shape index (κ1) is 21.7. The van der Waals surface area contributed by atoms with Crippen molar-refractivity contribution in [2.75, 3.05) is 18.1 Å². The van der Waals surface area contributed by atoms with Crippen LogP contribution in [0.3, 0.4) is 0 Å². The zero-order valence-electron chi connectivity index (χ0n) is 17.7. The van der Waals surface area contributed by atoms with E-state index >= 15 is 0 Å². The van der Waals surface area contributed by atoms with Gasteiger partial charge in [-0.25, -0.2) is 13.4 Å². The number of aromatic nitrogens is 2. The Bertz CT molecular complexity index is 1010. The molecule has 2 aliphatic carbocycles. The highest BCUT2D eigenvalue weighted by Gasteiger charge is 2.41. The van der Waals surface area contributed by atoms with Crippen LogP contribution in [-0.4, -0.2) is 53.8 Å². The van der Waals surface area contributed by atoms with E-state index in [9.17, 15) is 18.0 Å². The van der Waals surface area contributed by atoms with Gasteiger partial charge in [-0.2, -0.15) is 0 Å². The predicted molar refractivity (Wildman–Crippen MR) is 116 cm³/mol. The van der Waals surface area contributed by atoms with Gasteiger partial charge in [0.2, 0.25) is 5.91 Å². The monoisotopic (exact) mass is 444 g/mol. The molecule has 0 bridgehead atoms. The average Bonchev–Trinajstić information content (AvgIpc) is 3.18. The van der Waals surface area contributed by atoms with Gasteiger partial charge in [0.1, 0.15) is 11.8 Å². The van der Waals surface area contributed by atoms with Crippen LogP contribution < -0.4 is 5.32 Å². The normalized spacial score (nSPS) is 23.1. The number of carbonyl (C=O) groups excluding carboxylic acids is 2. The smallest absolute Gasteiger partial charge is 0.248 e. The van der Waals surface area contributed by atoms with E-state index in [2.05, 4.69) is 15.3 Å². The molecule has 1 unspecified atom stereocenters. The molecule has 1 fully saturated rings. The van der Waals surface area contributed by atoms with Crippen LogP contribution in [0.25, 0.3) is 0 Å². The molecule has 0 aromatic carbocycles. The molecular weight excluding hydrogens is 416 g/mol. The second-order valence-corrected chi connectivity index (χ2v) is 10.7. The Hall–Kier alpha value is -2.55. The number of sulfone groups is 1. The fraction of sp³-hybridized carbons (Fsp3) is 0.545. The zero-order chi connectivity index (χ0) is 22.0. The molecule has 1 amide bonds. The van der Waals surface area contributed by atoms with Gasteiger partial charge in [-0.3, -0.25) is 14.6 Å². The van der Waals surface area contributed by atoms with Crippen molar-refractivity contribution in [1.29, 1.82) is 0 Å². The third-order valence-corrected chi connectivity index (χ3v) is 7.64. The average molecular weight is 445 g/mol. The second-order valence-electron chi connectivity index (χ2n) is 8.68. The molecule has 0 spiro atoms. The molecule has 166 valence electrons. The number of carbonyl (C=O) groups is 2. The van der Waals surface area contributed by atoms with Crippen LogP contribution in [0, 0.1) is 11.8 Å². The largest absolute Gasteiger partial charge is 0.364 e. The Morgan fingerprint density at radius 3 is 2.71 bits per heavy atom. The molecular formula is C22H28N4O4S. The van der Waals surface area contributed by atoms with Gasteiger partial charge in [0.05, 0.1) is 17.0 Å². The summed E-state index contributed by atoms with van der Waals surface area (Å²) in [6.07, 6.45) is 15.4. The van der Waals surface area contributed by atoms with Crippen molar-refractivity contribution in [3.8, 4) is 0 Å². The number of nitrogens with zero attached hydrogens (tertiary/aromatic N) is 3. The molecule has 3 aliphatic rings. The summed E-state index contributed by atoms with van der Waals surface area (Å²) in [6.45, 7) is 0.326. The summed E-state index contributed by atoms with van der Waals surface area (Å²) in [5.41, 5.74) is 0.514. The first-order chi connectivity index (χ1) is 14.8. The van der Waals surface area contributed by atoms with Gasteiger partial charge >= 0.3 is 0 Å². The van der Waals surface area contributed by atoms with Gasteiger partial charge in [-0.15, -0.1) is 0 Å². The SMILES string of the molecule is CS(=O)(=O)C1=CCC(=O)C2CN([C@@H](CC3CCCCC3)C(=O)Nc3cnccn3)C=C12. The summed E-state index contributed by atoms with van der Waals surface area (Å²) >= 11 is 0. The Balaban J connectivity index is 1.61. The number of nitrogens with one attached hydrogen (secondary N) is 1. The van der Waals surface area contributed by atoms with Crippen molar-refractivity contribution in [2.45, 2.75) is 51.0 Å². The summed E-state index contributed by atoms with van der Waals surface area (Å²) in [5.74, 6) is 0.0740. The van der Waals surface area contributed by atoms with Crippen molar-refractivity contribution in [3.05, 3.63) is 41.3 Å². The first-order valence-electron chi connectivity index (χ1n) is 10.8. The van der Waals surface area contributed by atoms with Crippen molar-refractivity contribution >= 4 is 27.3 Å². The van der Waals surface area contributed by atoms with E-state index in [0.717, 1.165) is 31.9 Å². The van der Waals surface area contributed by atoms with E-state index in [1.54, 1.807) is 6.20 Å². The minimum Gasteiger partial charge on any atom is -0.364 e. The van der Waals surface area contributed by atoms with E-state index < -0.39 is 21.8 Å². The number of rotatable bonds is 6. The molecule has 1 aliphatic heterocycles. The quantitative estimate of drug-likeness (QED) is 0.718. The van der Waals surface area contributed by atoms with Crippen molar-refractivity contribution in [1.82, 2.24) is 14.9 Å². The van der Waals surface area contributed by atoms with Gasteiger partial charge < -0.3 is 10.2 Å². The molecule has 1 saturated carbocycles. The molecule has 2 heterocycles. The van der Waals surface area contributed by atoms with E-state index in [1.165, 1.54) is 31.1 Å². The number of fused-ring (bicyclic) bond motifs is 1. The number of anilines is 1. The summed E-state index contributed by atoms with van der Waals surface area (Å²) in [5, 5.41) is 2.84. The molecule has 31 heavy (non-hydrogen) atoms. The molecule has 4 rings (SSSR count).